The average Bonchev–Trinajstić information content (AvgIpc) is 2.68. The van der Waals surface area contributed by atoms with Crippen LogP contribution in [-0.4, -0.2) is 48.4 Å². The van der Waals surface area contributed by atoms with Gasteiger partial charge in [-0.3, -0.25) is 4.90 Å². The van der Waals surface area contributed by atoms with Gasteiger partial charge in [-0.05, 0) is 23.3 Å². The Hall–Kier alpha value is -2.52. The quantitative estimate of drug-likeness (QED) is 0.700. The zero-order chi connectivity index (χ0) is 20.9. The SMILES string of the molecule is Cl.O=C(NCc1ccc(OC(F)(F)F)c(F)c1)N1CCN(Cc2ccccc2)CC1. The number of nitrogens with one attached hydrogen (secondary N) is 1. The van der Waals surface area contributed by atoms with Gasteiger partial charge in [-0.15, -0.1) is 25.6 Å². The Morgan fingerprint density at radius 1 is 1.00 bits per heavy atom. The number of hydrogen-bond donors (Lipinski definition) is 1. The summed E-state index contributed by atoms with van der Waals surface area (Å²) in [7, 11) is 0. The summed E-state index contributed by atoms with van der Waals surface area (Å²) in [5.41, 5.74) is 1.55. The maximum atomic E-state index is 13.7. The molecule has 0 atom stereocenters. The molecule has 0 aliphatic carbocycles. The summed E-state index contributed by atoms with van der Waals surface area (Å²) < 4.78 is 53.8. The number of piperazine rings is 1. The van der Waals surface area contributed by atoms with E-state index < -0.39 is 17.9 Å². The predicted molar refractivity (Wildman–Crippen MR) is 106 cm³/mol. The van der Waals surface area contributed by atoms with Crippen molar-refractivity contribution in [3.05, 3.63) is 65.5 Å². The van der Waals surface area contributed by atoms with E-state index in [2.05, 4.69) is 27.1 Å². The molecule has 2 aromatic rings. The molecule has 0 spiro atoms. The van der Waals surface area contributed by atoms with Gasteiger partial charge in [-0.2, -0.15) is 0 Å². The molecule has 1 fully saturated rings. The molecule has 2 amide bonds. The van der Waals surface area contributed by atoms with Crippen molar-refractivity contribution in [1.29, 1.82) is 0 Å². The molecule has 1 heterocycles. The number of benzene rings is 2. The van der Waals surface area contributed by atoms with E-state index in [-0.39, 0.29) is 25.0 Å². The minimum atomic E-state index is -4.96. The van der Waals surface area contributed by atoms with Crippen LogP contribution in [0.5, 0.6) is 5.75 Å². The van der Waals surface area contributed by atoms with Crippen molar-refractivity contribution in [3.63, 3.8) is 0 Å². The number of amides is 2. The van der Waals surface area contributed by atoms with Crippen molar-refractivity contribution in [2.24, 2.45) is 0 Å². The van der Waals surface area contributed by atoms with Gasteiger partial charge in [0.25, 0.3) is 0 Å². The Labute approximate surface area is 178 Å². The molecule has 1 aliphatic rings. The standard InChI is InChI=1S/C20H21F4N3O2.ClH/c21-17-12-16(6-7-18(17)29-20(22,23)24)13-25-19(28)27-10-8-26(9-11-27)14-15-4-2-1-3-5-15;/h1-7,12H,8-11,13-14H2,(H,25,28);1H. The Bertz CT molecular complexity index is 829. The molecule has 1 N–H and O–H groups in total. The molecular weight excluding hydrogens is 426 g/mol. The minimum Gasteiger partial charge on any atom is -0.403 e. The van der Waals surface area contributed by atoms with Crippen LogP contribution in [0.2, 0.25) is 0 Å². The van der Waals surface area contributed by atoms with Crippen molar-refractivity contribution in [3.8, 4) is 5.75 Å². The predicted octanol–water partition coefficient (Wildman–Crippen LogP) is 4.17. The fourth-order valence-corrected chi connectivity index (χ4v) is 3.10. The van der Waals surface area contributed by atoms with Gasteiger partial charge in [0.05, 0.1) is 0 Å². The van der Waals surface area contributed by atoms with Crippen molar-refractivity contribution >= 4 is 18.4 Å². The maximum absolute atomic E-state index is 13.7. The van der Waals surface area contributed by atoms with E-state index in [1.165, 1.54) is 11.6 Å². The normalized spacial score (nSPS) is 14.7. The van der Waals surface area contributed by atoms with E-state index in [0.717, 1.165) is 31.8 Å². The van der Waals surface area contributed by atoms with Crippen LogP contribution in [0.15, 0.2) is 48.5 Å². The number of carbonyl (C=O) groups is 1. The van der Waals surface area contributed by atoms with E-state index in [4.69, 9.17) is 0 Å². The first kappa shape index (κ1) is 23.8. The van der Waals surface area contributed by atoms with E-state index >= 15 is 0 Å². The largest absolute Gasteiger partial charge is 0.573 e. The van der Waals surface area contributed by atoms with E-state index in [1.54, 1.807) is 4.90 Å². The first-order valence-corrected chi connectivity index (χ1v) is 9.13. The molecule has 3 rings (SSSR count). The van der Waals surface area contributed by atoms with Gasteiger partial charge in [-0.25, -0.2) is 9.18 Å². The van der Waals surface area contributed by atoms with Gasteiger partial charge in [0, 0.05) is 39.3 Å². The molecular formula is C20H22ClF4N3O2. The molecule has 5 nitrogen and oxygen atoms in total. The van der Waals surface area contributed by atoms with Crippen LogP contribution in [0.25, 0.3) is 0 Å². The van der Waals surface area contributed by atoms with Crippen LogP contribution in [0.4, 0.5) is 22.4 Å². The lowest BCUT2D eigenvalue weighted by Gasteiger charge is -2.34. The van der Waals surface area contributed by atoms with Crippen molar-refractivity contribution in [1.82, 2.24) is 15.1 Å². The Kier molecular flexibility index (Phi) is 8.31. The third-order valence-corrected chi connectivity index (χ3v) is 4.57. The zero-order valence-electron chi connectivity index (χ0n) is 16.0. The second-order valence-electron chi connectivity index (χ2n) is 6.72. The Morgan fingerprint density at radius 2 is 1.67 bits per heavy atom. The van der Waals surface area contributed by atoms with Crippen molar-refractivity contribution in [2.75, 3.05) is 26.2 Å². The molecule has 30 heavy (non-hydrogen) atoms. The summed E-state index contributed by atoms with van der Waals surface area (Å²) >= 11 is 0. The highest BCUT2D eigenvalue weighted by molar-refractivity contribution is 5.85. The van der Waals surface area contributed by atoms with Crippen LogP contribution in [-0.2, 0) is 13.1 Å². The fourth-order valence-electron chi connectivity index (χ4n) is 3.10. The molecule has 2 aromatic carbocycles. The second kappa shape index (κ2) is 10.5. The average molecular weight is 448 g/mol. The van der Waals surface area contributed by atoms with Crippen LogP contribution in [0.3, 0.4) is 0 Å². The monoisotopic (exact) mass is 447 g/mol. The van der Waals surface area contributed by atoms with E-state index in [0.29, 0.717) is 18.7 Å². The highest BCUT2D eigenvalue weighted by Crippen LogP contribution is 2.26. The molecule has 0 radical (unpaired) electrons. The van der Waals surface area contributed by atoms with Gasteiger partial charge in [0.1, 0.15) is 0 Å². The van der Waals surface area contributed by atoms with Crippen LogP contribution < -0.4 is 10.1 Å². The number of nitrogens with zero attached hydrogens (tertiary/aromatic N) is 2. The molecule has 0 unspecified atom stereocenters. The number of ether oxygens (including phenoxy) is 1. The highest BCUT2D eigenvalue weighted by Gasteiger charge is 2.32. The minimum absolute atomic E-state index is 0. The zero-order valence-corrected chi connectivity index (χ0v) is 16.8. The van der Waals surface area contributed by atoms with Gasteiger partial charge in [0.15, 0.2) is 11.6 Å². The topological polar surface area (TPSA) is 44.8 Å². The number of alkyl halides is 3. The Morgan fingerprint density at radius 3 is 2.27 bits per heavy atom. The summed E-state index contributed by atoms with van der Waals surface area (Å²) in [5.74, 6) is -2.04. The number of carbonyl (C=O) groups excluding carboxylic acids is 1. The van der Waals surface area contributed by atoms with Gasteiger partial charge >= 0.3 is 12.4 Å². The summed E-state index contributed by atoms with van der Waals surface area (Å²) in [6, 6.07) is 12.9. The molecule has 164 valence electrons. The fraction of sp³-hybridized carbons (Fsp3) is 0.350. The smallest absolute Gasteiger partial charge is 0.403 e. The highest BCUT2D eigenvalue weighted by atomic mass is 35.5. The third kappa shape index (κ3) is 7.07. The van der Waals surface area contributed by atoms with Crippen LogP contribution in [0.1, 0.15) is 11.1 Å². The summed E-state index contributed by atoms with van der Waals surface area (Å²) in [6.45, 7) is 3.42. The lowest BCUT2D eigenvalue weighted by atomic mass is 10.2. The number of halogens is 5. The number of urea groups is 1. The van der Waals surface area contributed by atoms with Crippen molar-refractivity contribution in [2.45, 2.75) is 19.5 Å². The van der Waals surface area contributed by atoms with Gasteiger partial charge < -0.3 is 15.0 Å². The molecule has 1 saturated heterocycles. The molecule has 0 saturated carbocycles. The van der Waals surface area contributed by atoms with E-state index in [9.17, 15) is 22.4 Å². The third-order valence-electron chi connectivity index (χ3n) is 4.57. The molecule has 0 aromatic heterocycles. The Balaban J connectivity index is 0.00000320. The van der Waals surface area contributed by atoms with Gasteiger partial charge in [-0.1, -0.05) is 36.4 Å². The van der Waals surface area contributed by atoms with Crippen LogP contribution in [0, 0.1) is 5.82 Å². The van der Waals surface area contributed by atoms with Crippen molar-refractivity contribution < 1.29 is 27.1 Å². The summed E-state index contributed by atoms with van der Waals surface area (Å²) in [4.78, 5) is 16.2. The second-order valence-corrected chi connectivity index (χ2v) is 6.72. The van der Waals surface area contributed by atoms with Crippen LogP contribution >= 0.6 is 12.4 Å². The lowest BCUT2D eigenvalue weighted by Crippen LogP contribution is -2.51. The first-order chi connectivity index (χ1) is 13.8. The lowest BCUT2D eigenvalue weighted by molar-refractivity contribution is -0.275. The summed E-state index contributed by atoms with van der Waals surface area (Å²) in [6.07, 6.45) is -4.96. The van der Waals surface area contributed by atoms with Gasteiger partial charge in [0.2, 0.25) is 0 Å². The maximum Gasteiger partial charge on any atom is 0.573 e. The molecule has 0 bridgehead atoms. The molecule has 10 heteroatoms. The summed E-state index contributed by atoms with van der Waals surface area (Å²) in [5, 5.41) is 2.67. The first-order valence-electron chi connectivity index (χ1n) is 9.13. The molecule has 1 aliphatic heterocycles. The van der Waals surface area contributed by atoms with E-state index in [1.807, 2.05) is 18.2 Å². The number of hydrogen-bond acceptors (Lipinski definition) is 3. The number of rotatable bonds is 5.